The van der Waals surface area contributed by atoms with Gasteiger partial charge in [-0.3, -0.25) is 14.5 Å². The first-order valence-corrected chi connectivity index (χ1v) is 9.48. The molecular formula is C20H20N2O2S. The molecule has 2 aliphatic rings. The maximum Gasteiger partial charge on any atom is 0.278 e. The fourth-order valence-corrected chi connectivity index (χ4v) is 4.22. The zero-order chi connectivity index (χ0) is 17.4. The molecule has 0 spiro atoms. The Labute approximate surface area is 151 Å². The van der Waals surface area contributed by atoms with Gasteiger partial charge < -0.3 is 4.90 Å². The van der Waals surface area contributed by atoms with Gasteiger partial charge in [0.15, 0.2) is 0 Å². The largest absolute Gasteiger partial charge is 0.366 e. The lowest BCUT2D eigenvalue weighted by molar-refractivity contribution is -0.138. The van der Waals surface area contributed by atoms with Crippen LogP contribution in [0.3, 0.4) is 0 Å². The van der Waals surface area contributed by atoms with E-state index in [0.29, 0.717) is 17.8 Å². The first kappa shape index (κ1) is 16.1. The summed E-state index contributed by atoms with van der Waals surface area (Å²) in [6, 6.07) is 11.8. The number of aryl methyl sites for hydroxylation is 1. The van der Waals surface area contributed by atoms with Crippen LogP contribution in [0.4, 0.5) is 0 Å². The van der Waals surface area contributed by atoms with E-state index < -0.39 is 0 Å². The lowest BCUT2D eigenvalue weighted by Gasteiger charge is -2.20. The molecule has 1 fully saturated rings. The number of amides is 2. The maximum atomic E-state index is 13.1. The second-order valence-electron chi connectivity index (χ2n) is 6.58. The molecule has 128 valence electrons. The van der Waals surface area contributed by atoms with Crippen LogP contribution in [-0.2, 0) is 16.1 Å². The molecule has 25 heavy (non-hydrogen) atoms. The molecule has 1 aromatic carbocycles. The second kappa shape index (κ2) is 6.48. The van der Waals surface area contributed by atoms with Crippen molar-refractivity contribution in [3.63, 3.8) is 0 Å². The number of hydrogen-bond donors (Lipinski definition) is 0. The SMILES string of the molecule is Cc1ccc(CN2C(=O)C(c3cccs3)=C(N3CCCC3)C2=O)cc1. The Balaban J connectivity index is 1.69. The first-order chi connectivity index (χ1) is 12.1. The van der Waals surface area contributed by atoms with Crippen LogP contribution in [0, 0.1) is 6.92 Å². The summed E-state index contributed by atoms with van der Waals surface area (Å²) < 4.78 is 0. The molecule has 4 nitrogen and oxygen atoms in total. The van der Waals surface area contributed by atoms with E-state index in [-0.39, 0.29) is 11.8 Å². The quantitative estimate of drug-likeness (QED) is 0.792. The van der Waals surface area contributed by atoms with Crippen LogP contribution in [0.2, 0.25) is 0 Å². The van der Waals surface area contributed by atoms with E-state index in [1.807, 2.05) is 48.7 Å². The molecule has 0 saturated carbocycles. The highest BCUT2D eigenvalue weighted by atomic mass is 32.1. The molecule has 1 saturated heterocycles. The van der Waals surface area contributed by atoms with Crippen LogP contribution < -0.4 is 0 Å². The molecule has 2 aromatic rings. The van der Waals surface area contributed by atoms with Gasteiger partial charge in [-0.05, 0) is 36.8 Å². The van der Waals surface area contributed by atoms with Crippen molar-refractivity contribution in [2.24, 2.45) is 0 Å². The molecule has 0 atom stereocenters. The van der Waals surface area contributed by atoms with Crippen molar-refractivity contribution >= 4 is 28.7 Å². The predicted molar refractivity (Wildman–Crippen MR) is 98.8 cm³/mol. The van der Waals surface area contributed by atoms with Gasteiger partial charge in [0.25, 0.3) is 11.8 Å². The Hall–Kier alpha value is -2.40. The number of benzene rings is 1. The summed E-state index contributed by atoms with van der Waals surface area (Å²) in [5.74, 6) is -0.328. The summed E-state index contributed by atoms with van der Waals surface area (Å²) in [4.78, 5) is 30.5. The van der Waals surface area contributed by atoms with Crippen LogP contribution in [0.15, 0.2) is 47.5 Å². The van der Waals surface area contributed by atoms with Crippen molar-refractivity contribution in [3.8, 4) is 0 Å². The van der Waals surface area contributed by atoms with Gasteiger partial charge >= 0.3 is 0 Å². The van der Waals surface area contributed by atoms with E-state index in [1.54, 1.807) is 0 Å². The minimum Gasteiger partial charge on any atom is -0.366 e. The average Bonchev–Trinajstić information content (AvgIpc) is 3.34. The number of carbonyl (C=O) groups is 2. The number of hydrogen-bond acceptors (Lipinski definition) is 4. The van der Waals surface area contributed by atoms with Crippen molar-refractivity contribution in [2.75, 3.05) is 13.1 Å². The lowest BCUT2D eigenvalue weighted by Crippen LogP contribution is -2.34. The Morgan fingerprint density at radius 3 is 2.36 bits per heavy atom. The predicted octanol–water partition coefficient (Wildman–Crippen LogP) is 3.43. The van der Waals surface area contributed by atoms with Gasteiger partial charge in [0.1, 0.15) is 5.70 Å². The minimum atomic E-state index is -0.171. The van der Waals surface area contributed by atoms with Gasteiger partial charge in [-0.1, -0.05) is 35.9 Å². The van der Waals surface area contributed by atoms with Crippen LogP contribution in [0.25, 0.3) is 5.57 Å². The van der Waals surface area contributed by atoms with Gasteiger partial charge in [0.05, 0.1) is 12.1 Å². The average molecular weight is 352 g/mol. The fraction of sp³-hybridized carbons (Fsp3) is 0.300. The molecule has 0 aliphatic carbocycles. The normalized spacial score (nSPS) is 18.0. The van der Waals surface area contributed by atoms with Crippen LogP contribution in [0.1, 0.15) is 28.8 Å². The van der Waals surface area contributed by atoms with Crippen molar-refractivity contribution in [2.45, 2.75) is 26.3 Å². The van der Waals surface area contributed by atoms with Crippen molar-refractivity contribution < 1.29 is 9.59 Å². The molecule has 4 rings (SSSR count). The summed E-state index contributed by atoms with van der Waals surface area (Å²) in [5, 5.41) is 1.95. The molecule has 0 unspecified atom stereocenters. The first-order valence-electron chi connectivity index (χ1n) is 8.60. The third-order valence-electron chi connectivity index (χ3n) is 4.79. The second-order valence-corrected chi connectivity index (χ2v) is 7.52. The molecule has 2 amide bonds. The van der Waals surface area contributed by atoms with E-state index in [2.05, 4.69) is 4.90 Å². The highest BCUT2D eigenvalue weighted by molar-refractivity contribution is 7.11. The van der Waals surface area contributed by atoms with Gasteiger partial charge in [0, 0.05) is 18.0 Å². The summed E-state index contributed by atoms with van der Waals surface area (Å²) >= 11 is 1.51. The van der Waals surface area contributed by atoms with Crippen LogP contribution in [0.5, 0.6) is 0 Å². The zero-order valence-electron chi connectivity index (χ0n) is 14.2. The van der Waals surface area contributed by atoms with Crippen molar-refractivity contribution in [1.82, 2.24) is 9.80 Å². The summed E-state index contributed by atoms with van der Waals surface area (Å²) in [5.41, 5.74) is 3.31. The highest BCUT2D eigenvalue weighted by Crippen LogP contribution is 2.35. The molecule has 5 heteroatoms. The molecule has 0 N–H and O–H groups in total. The summed E-state index contributed by atoms with van der Waals surface area (Å²) in [7, 11) is 0. The number of likely N-dealkylation sites (tertiary alicyclic amines) is 1. The van der Waals surface area contributed by atoms with Gasteiger partial charge in [-0.15, -0.1) is 11.3 Å². The van der Waals surface area contributed by atoms with Crippen molar-refractivity contribution in [1.29, 1.82) is 0 Å². The van der Waals surface area contributed by atoms with E-state index in [1.165, 1.54) is 16.2 Å². The molecule has 3 heterocycles. The lowest BCUT2D eigenvalue weighted by atomic mass is 10.1. The number of thiophene rings is 1. The fourth-order valence-electron chi connectivity index (χ4n) is 3.46. The monoisotopic (exact) mass is 352 g/mol. The number of rotatable bonds is 4. The molecule has 0 bridgehead atoms. The summed E-state index contributed by atoms with van der Waals surface area (Å²) in [6.45, 7) is 4.05. The Morgan fingerprint density at radius 2 is 1.72 bits per heavy atom. The van der Waals surface area contributed by atoms with Crippen LogP contribution in [-0.4, -0.2) is 34.7 Å². The van der Waals surface area contributed by atoms with E-state index >= 15 is 0 Å². The minimum absolute atomic E-state index is 0.157. The smallest absolute Gasteiger partial charge is 0.278 e. The van der Waals surface area contributed by atoms with E-state index in [0.717, 1.165) is 41.9 Å². The molecular weight excluding hydrogens is 332 g/mol. The molecule has 0 radical (unpaired) electrons. The van der Waals surface area contributed by atoms with E-state index in [9.17, 15) is 9.59 Å². The number of imide groups is 1. The van der Waals surface area contributed by atoms with Gasteiger partial charge in [0.2, 0.25) is 0 Å². The topological polar surface area (TPSA) is 40.6 Å². The van der Waals surface area contributed by atoms with Crippen LogP contribution >= 0.6 is 11.3 Å². The number of carbonyl (C=O) groups excluding carboxylic acids is 2. The van der Waals surface area contributed by atoms with Gasteiger partial charge in [-0.25, -0.2) is 0 Å². The Kier molecular flexibility index (Phi) is 4.17. The maximum absolute atomic E-state index is 13.1. The number of nitrogens with zero attached hydrogens (tertiary/aromatic N) is 2. The zero-order valence-corrected chi connectivity index (χ0v) is 15.0. The van der Waals surface area contributed by atoms with E-state index in [4.69, 9.17) is 0 Å². The standard InChI is InChI=1S/C20H20N2O2S/c1-14-6-8-15(9-7-14)13-22-19(23)17(16-5-4-12-25-16)18(20(22)24)21-10-2-3-11-21/h4-9,12H,2-3,10-11,13H2,1H3. The van der Waals surface area contributed by atoms with Crippen molar-refractivity contribution in [3.05, 3.63) is 63.5 Å². The Bertz CT molecular complexity index is 831. The molecule has 2 aliphatic heterocycles. The highest BCUT2D eigenvalue weighted by Gasteiger charge is 2.42. The Morgan fingerprint density at radius 1 is 1.00 bits per heavy atom. The summed E-state index contributed by atoms with van der Waals surface area (Å²) in [6.07, 6.45) is 2.14. The molecule has 1 aromatic heterocycles. The third kappa shape index (κ3) is 2.89. The van der Waals surface area contributed by atoms with Gasteiger partial charge in [-0.2, -0.15) is 0 Å². The third-order valence-corrected chi connectivity index (χ3v) is 5.68.